The Kier molecular flexibility index (Phi) is 6.29. The summed E-state index contributed by atoms with van der Waals surface area (Å²) in [6, 6.07) is -1.05. The molecule has 3 saturated heterocycles. The molecule has 0 saturated carbocycles. The Bertz CT molecular complexity index is 641. The fraction of sp³-hybridized carbons (Fsp3) is 0.850. The Morgan fingerprint density at radius 1 is 1.36 bits per heavy atom. The first kappa shape index (κ1) is 21.4. The van der Waals surface area contributed by atoms with Crippen LogP contribution in [0.3, 0.4) is 0 Å². The van der Waals surface area contributed by atoms with Gasteiger partial charge in [-0.15, -0.1) is 11.8 Å². The minimum absolute atomic E-state index is 0.0613. The van der Waals surface area contributed by atoms with Crippen molar-refractivity contribution < 1.29 is 19.5 Å². The molecule has 0 aromatic rings. The number of rotatable bonds is 8. The molecule has 2 bridgehead atoms. The second-order valence-corrected chi connectivity index (χ2v) is 9.85. The number of nitrogens with zero attached hydrogens (tertiary/aromatic N) is 1. The van der Waals surface area contributed by atoms with Crippen LogP contribution in [0.5, 0.6) is 0 Å². The van der Waals surface area contributed by atoms with Crippen molar-refractivity contribution in [2.24, 2.45) is 17.8 Å². The van der Waals surface area contributed by atoms with Gasteiger partial charge < -0.3 is 20.6 Å². The lowest BCUT2D eigenvalue weighted by atomic mass is 9.66. The molecule has 0 aromatic carbocycles. The summed E-state index contributed by atoms with van der Waals surface area (Å²) in [5.74, 6) is -1.17. The Hall–Kier alpha value is -1.28. The largest absolute Gasteiger partial charge is 0.394 e. The van der Waals surface area contributed by atoms with Crippen LogP contribution >= 0.6 is 11.8 Å². The normalized spacial score (nSPS) is 37.1. The molecule has 3 aliphatic rings. The second kappa shape index (κ2) is 8.22. The van der Waals surface area contributed by atoms with Crippen molar-refractivity contribution in [3.63, 3.8) is 0 Å². The molecule has 3 N–H and O–H groups in total. The van der Waals surface area contributed by atoms with Crippen LogP contribution in [0.25, 0.3) is 0 Å². The molecule has 3 rings (SSSR count). The van der Waals surface area contributed by atoms with Gasteiger partial charge in [-0.2, -0.15) is 0 Å². The molecular formula is C20H33N3O4S. The number of aliphatic hydroxyl groups is 1. The summed E-state index contributed by atoms with van der Waals surface area (Å²) in [4.78, 5) is 41.2. The molecule has 8 heteroatoms. The van der Waals surface area contributed by atoms with Crippen LogP contribution < -0.4 is 10.6 Å². The van der Waals surface area contributed by atoms with Crippen LogP contribution in [-0.2, 0) is 14.4 Å². The smallest absolute Gasteiger partial charge is 0.244 e. The van der Waals surface area contributed by atoms with E-state index < -0.39 is 28.7 Å². The summed E-state index contributed by atoms with van der Waals surface area (Å²) >= 11 is 1.67. The number of nitrogens with one attached hydrogen (secondary N) is 2. The monoisotopic (exact) mass is 411 g/mol. The average molecular weight is 412 g/mol. The minimum atomic E-state index is -0.640. The van der Waals surface area contributed by atoms with Gasteiger partial charge >= 0.3 is 0 Å². The van der Waals surface area contributed by atoms with Crippen molar-refractivity contribution in [2.45, 2.75) is 68.5 Å². The maximum absolute atomic E-state index is 13.6. The molecule has 3 fully saturated rings. The zero-order valence-corrected chi connectivity index (χ0v) is 18.1. The van der Waals surface area contributed by atoms with E-state index in [0.29, 0.717) is 13.0 Å². The summed E-state index contributed by atoms with van der Waals surface area (Å²) in [6.07, 6.45) is 3.25. The van der Waals surface area contributed by atoms with Gasteiger partial charge in [0.1, 0.15) is 6.04 Å². The summed E-state index contributed by atoms with van der Waals surface area (Å²) in [5.41, 5.74) is 0. The summed E-state index contributed by atoms with van der Waals surface area (Å²) in [7, 11) is 1.60. The van der Waals surface area contributed by atoms with E-state index in [0.717, 1.165) is 19.3 Å². The number of fused-ring (bicyclic) bond motifs is 1. The summed E-state index contributed by atoms with van der Waals surface area (Å²) in [6.45, 7) is 6.47. The summed E-state index contributed by atoms with van der Waals surface area (Å²) < 4.78 is -0.599. The fourth-order valence-electron chi connectivity index (χ4n) is 5.52. The maximum Gasteiger partial charge on any atom is 0.244 e. The highest BCUT2D eigenvalue weighted by Crippen LogP contribution is 2.68. The molecule has 0 radical (unpaired) electrons. The van der Waals surface area contributed by atoms with Gasteiger partial charge in [0.25, 0.3) is 0 Å². The molecule has 3 heterocycles. The molecule has 158 valence electrons. The molecule has 0 aromatic heterocycles. The van der Waals surface area contributed by atoms with E-state index in [2.05, 4.69) is 24.5 Å². The first-order chi connectivity index (χ1) is 13.4. The van der Waals surface area contributed by atoms with Crippen molar-refractivity contribution in [2.75, 3.05) is 20.2 Å². The van der Waals surface area contributed by atoms with E-state index >= 15 is 0 Å². The van der Waals surface area contributed by atoms with Crippen molar-refractivity contribution in [1.29, 1.82) is 0 Å². The number of thioether (sulfide) groups is 1. The standard InChI is InChI=1S/C20H33N3O4S/c1-5-7-8-22-18(26)16-20-11(3)9-13(28-20)14(17(25)21-4)15(20)19(27)23(16)12(6-2)10-24/h11-16,24H,5-10H2,1-4H3,(H,21,25)(H,22,26)/t11?,12-,13+,14-,15-,16?,20?/m0/s1. The average Bonchev–Trinajstić information content (AvgIpc) is 3.27. The first-order valence-corrected chi connectivity index (χ1v) is 11.4. The third-order valence-corrected chi connectivity index (χ3v) is 8.96. The number of carbonyl (C=O) groups excluding carboxylic acids is 3. The second-order valence-electron chi connectivity index (χ2n) is 8.30. The number of likely N-dealkylation sites (tertiary alicyclic amines) is 1. The van der Waals surface area contributed by atoms with Crippen molar-refractivity contribution in [3.8, 4) is 0 Å². The van der Waals surface area contributed by atoms with Gasteiger partial charge in [0.2, 0.25) is 17.7 Å². The quantitative estimate of drug-likeness (QED) is 0.512. The Balaban J connectivity index is 2.04. The lowest BCUT2D eigenvalue weighted by Gasteiger charge is -2.40. The van der Waals surface area contributed by atoms with Gasteiger partial charge in [0, 0.05) is 18.8 Å². The highest BCUT2D eigenvalue weighted by molar-refractivity contribution is 8.02. The van der Waals surface area contributed by atoms with Crippen LogP contribution in [0.2, 0.25) is 0 Å². The number of hydrogen-bond acceptors (Lipinski definition) is 5. The lowest BCUT2D eigenvalue weighted by Crippen LogP contribution is -2.58. The maximum atomic E-state index is 13.6. The number of hydrogen-bond donors (Lipinski definition) is 3. The third kappa shape index (κ3) is 2.95. The van der Waals surface area contributed by atoms with Gasteiger partial charge in [0.05, 0.1) is 29.2 Å². The molecule has 7 atom stereocenters. The highest BCUT2D eigenvalue weighted by atomic mass is 32.2. The highest BCUT2D eigenvalue weighted by Gasteiger charge is 2.76. The fourth-order valence-corrected chi connectivity index (χ4v) is 7.93. The molecule has 7 nitrogen and oxygen atoms in total. The molecule has 0 aliphatic carbocycles. The van der Waals surface area contributed by atoms with Gasteiger partial charge in [-0.25, -0.2) is 0 Å². The summed E-state index contributed by atoms with van der Waals surface area (Å²) in [5, 5.41) is 15.7. The van der Waals surface area contributed by atoms with Crippen molar-refractivity contribution in [3.05, 3.63) is 0 Å². The van der Waals surface area contributed by atoms with Gasteiger partial charge in [-0.1, -0.05) is 27.2 Å². The Labute approximate surface area is 171 Å². The zero-order valence-electron chi connectivity index (χ0n) is 17.2. The SMILES string of the molecule is CCCCNC(=O)C1N([C@@H](CC)CO)C(=O)[C@@H]2[C@@H](C(=O)NC)[C@H]3CC(C)C12S3. The number of amides is 3. The Morgan fingerprint density at radius 3 is 2.64 bits per heavy atom. The van der Waals surface area contributed by atoms with Crippen LogP contribution in [0.15, 0.2) is 0 Å². The van der Waals surface area contributed by atoms with Crippen LogP contribution in [0.4, 0.5) is 0 Å². The van der Waals surface area contributed by atoms with E-state index in [1.165, 1.54) is 0 Å². The number of carbonyl (C=O) groups is 3. The lowest BCUT2D eigenvalue weighted by molar-refractivity contribution is -0.142. The minimum Gasteiger partial charge on any atom is -0.394 e. The van der Waals surface area contributed by atoms with E-state index in [9.17, 15) is 19.5 Å². The topological polar surface area (TPSA) is 98.7 Å². The molecule has 3 amide bonds. The van der Waals surface area contributed by atoms with E-state index in [4.69, 9.17) is 0 Å². The molecular weight excluding hydrogens is 378 g/mol. The third-order valence-electron chi connectivity index (χ3n) is 6.89. The van der Waals surface area contributed by atoms with Gasteiger partial charge in [-0.3, -0.25) is 14.4 Å². The van der Waals surface area contributed by atoms with Crippen LogP contribution in [0.1, 0.15) is 46.5 Å². The van der Waals surface area contributed by atoms with E-state index in [1.54, 1.807) is 23.7 Å². The van der Waals surface area contributed by atoms with Crippen molar-refractivity contribution >= 4 is 29.5 Å². The van der Waals surface area contributed by atoms with Gasteiger partial charge in [0.15, 0.2) is 0 Å². The predicted molar refractivity (Wildman–Crippen MR) is 109 cm³/mol. The van der Waals surface area contributed by atoms with Crippen LogP contribution in [-0.4, -0.2) is 70.0 Å². The van der Waals surface area contributed by atoms with E-state index in [1.807, 2.05) is 6.92 Å². The van der Waals surface area contributed by atoms with Gasteiger partial charge in [-0.05, 0) is 25.2 Å². The molecule has 3 unspecified atom stereocenters. The molecule has 28 heavy (non-hydrogen) atoms. The van der Waals surface area contributed by atoms with E-state index in [-0.39, 0.29) is 35.5 Å². The zero-order chi connectivity index (χ0) is 20.6. The molecule has 1 spiro atoms. The van der Waals surface area contributed by atoms with Crippen LogP contribution in [0, 0.1) is 17.8 Å². The Morgan fingerprint density at radius 2 is 2.07 bits per heavy atom. The number of unbranched alkanes of at least 4 members (excludes halogenated alkanes) is 1. The number of aliphatic hydroxyl groups excluding tert-OH is 1. The first-order valence-electron chi connectivity index (χ1n) is 10.5. The van der Waals surface area contributed by atoms with Crippen molar-refractivity contribution in [1.82, 2.24) is 15.5 Å². The predicted octanol–water partition coefficient (Wildman–Crippen LogP) is 0.757. The molecule has 3 aliphatic heterocycles.